The largest absolute Gasteiger partial charge is 0.300 e. The molecule has 0 spiro atoms. The maximum Gasteiger partial charge on any atom is 0.0187 e. The Kier molecular flexibility index (Phi) is 7.76. The summed E-state index contributed by atoms with van der Waals surface area (Å²) in [5.74, 6) is 0.842. The van der Waals surface area contributed by atoms with Crippen molar-refractivity contribution in [3.05, 3.63) is 12.2 Å². The van der Waals surface area contributed by atoms with Gasteiger partial charge in [0.25, 0.3) is 0 Å². The number of nitrogens with zero attached hydrogens (tertiary/aromatic N) is 1. The zero-order valence-electron chi connectivity index (χ0n) is 11.3. The molecule has 2 atom stereocenters. The molecule has 0 aliphatic carbocycles. The third-order valence-electron chi connectivity index (χ3n) is 3.14. The van der Waals surface area contributed by atoms with Crippen LogP contribution >= 0.6 is 0 Å². The predicted octanol–water partition coefficient (Wildman–Crippen LogP) is 4.10. The second-order valence-electron chi connectivity index (χ2n) is 5.06. The van der Waals surface area contributed by atoms with E-state index in [4.69, 9.17) is 0 Å². The van der Waals surface area contributed by atoms with Gasteiger partial charge in [-0.05, 0) is 32.7 Å². The van der Waals surface area contributed by atoms with Crippen LogP contribution < -0.4 is 0 Å². The highest BCUT2D eigenvalue weighted by Gasteiger charge is 2.16. The first-order valence-corrected chi connectivity index (χ1v) is 6.35. The van der Waals surface area contributed by atoms with Crippen LogP contribution in [0.4, 0.5) is 0 Å². The van der Waals surface area contributed by atoms with Crippen molar-refractivity contribution in [1.29, 1.82) is 0 Å². The summed E-state index contributed by atoms with van der Waals surface area (Å²) in [6, 6.07) is 0.738. The van der Waals surface area contributed by atoms with Crippen LogP contribution in [0.25, 0.3) is 0 Å². The second-order valence-corrected chi connectivity index (χ2v) is 5.06. The van der Waals surface area contributed by atoms with Crippen LogP contribution in [0, 0.1) is 5.92 Å². The van der Waals surface area contributed by atoms with Crippen LogP contribution in [0.3, 0.4) is 0 Å². The third kappa shape index (κ3) is 6.72. The van der Waals surface area contributed by atoms with Crippen molar-refractivity contribution in [2.24, 2.45) is 5.92 Å². The fraction of sp³-hybridized carbons (Fsp3) is 0.857. The lowest BCUT2D eigenvalue weighted by atomic mass is 9.95. The molecule has 1 nitrogen and oxygen atoms in total. The van der Waals surface area contributed by atoms with Gasteiger partial charge in [-0.3, -0.25) is 4.90 Å². The first-order chi connectivity index (χ1) is 7.01. The van der Waals surface area contributed by atoms with E-state index >= 15 is 0 Å². The van der Waals surface area contributed by atoms with Gasteiger partial charge in [-0.25, -0.2) is 0 Å². The fourth-order valence-corrected chi connectivity index (χ4v) is 2.04. The minimum absolute atomic E-state index is 0.738. The molecular formula is C14H29N. The van der Waals surface area contributed by atoms with Crippen molar-refractivity contribution < 1.29 is 0 Å². The topological polar surface area (TPSA) is 3.24 Å². The Morgan fingerprint density at radius 3 is 2.33 bits per heavy atom. The summed E-state index contributed by atoms with van der Waals surface area (Å²) in [5, 5.41) is 0. The summed E-state index contributed by atoms with van der Waals surface area (Å²) in [7, 11) is 2.23. The second kappa shape index (κ2) is 7.92. The van der Waals surface area contributed by atoms with Crippen molar-refractivity contribution in [2.45, 2.75) is 59.4 Å². The summed E-state index contributed by atoms with van der Waals surface area (Å²) in [5.41, 5.74) is 1.27. The van der Waals surface area contributed by atoms with Crippen LogP contribution in [0.15, 0.2) is 12.2 Å². The Morgan fingerprint density at radius 2 is 1.93 bits per heavy atom. The highest BCUT2D eigenvalue weighted by Crippen LogP contribution is 2.18. The van der Waals surface area contributed by atoms with Gasteiger partial charge in [0.1, 0.15) is 0 Å². The van der Waals surface area contributed by atoms with E-state index in [1.54, 1.807) is 0 Å². The summed E-state index contributed by atoms with van der Waals surface area (Å²) >= 11 is 0. The van der Waals surface area contributed by atoms with Crippen LogP contribution in [0.5, 0.6) is 0 Å². The van der Waals surface area contributed by atoms with Crippen molar-refractivity contribution in [3.63, 3.8) is 0 Å². The SMILES string of the molecule is C=C(C)CN(C)C(CCC)CC(C)CC. The van der Waals surface area contributed by atoms with Gasteiger partial charge in [0, 0.05) is 12.6 Å². The molecule has 0 aliphatic rings. The molecule has 0 amide bonds. The minimum atomic E-state index is 0.738. The number of rotatable bonds is 8. The van der Waals surface area contributed by atoms with Crippen molar-refractivity contribution in [2.75, 3.05) is 13.6 Å². The van der Waals surface area contributed by atoms with Gasteiger partial charge < -0.3 is 0 Å². The molecule has 15 heavy (non-hydrogen) atoms. The van der Waals surface area contributed by atoms with E-state index in [2.05, 4.69) is 46.2 Å². The van der Waals surface area contributed by atoms with Gasteiger partial charge in [-0.1, -0.05) is 45.8 Å². The molecule has 0 rings (SSSR count). The van der Waals surface area contributed by atoms with Crippen molar-refractivity contribution in [3.8, 4) is 0 Å². The van der Waals surface area contributed by atoms with E-state index in [9.17, 15) is 0 Å². The molecule has 0 bridgehead atoms. The van der Waals surface area contributed by atoms with Gasteiger partial charge in [-0.15, -0.1) is 0 Å². The highest BCUT2D eigenvalue weighted by molar-refractivity contribution is 4.92. The Morgan fingerprint density at radius 1 is 1.33 bits per heavy atom. The molecule has 1 heteroatoms. The molecule has 0 saturated heterocycles. The molecule has 0 N–H and O–H groups in total. The Balaban J connectivity index is 4.16. The molecule has 0 aliphatic heterocycles. The Bertz CT molecular complexity index is 174. The minimum Gasteiger partial charge on any atom is -0.300 e. The molecule has 0 heterocycles. The Hall–Kier alpha value is -0.300. The third-order valence-corrected chi connectivity index (χ3v) is 3.14. The van der Waals surface area contributed by atoms with E-state index in [0.717, 1.165) is 18.5 Å². The van der Waals surface area contributed by atoms with Crippen LogP contribution in [0.2, 0.25) is 0 Å². The first kappa shape index (κ1) is 14.7. The van der Waals surface area contributed by atoms with Gasteiger partial charge in [0.05, 0.1) is 0 Å². The molecule has 0 aromatic carbocycles. The van der Waals surface area contributed by atoms with E-state index in [1.807, 2.05) is 0 Å². The van der Waals surface area contributed by atoms with Crippen LogP contribution in [0.1, 0.15) is 53.4 Å². The van der Waals surface area contributed by atoms with Crippen LogP contribution in [-0.2, 0) is 0 Å². The van der Waals surface area contributed by atoms with Crippen LogP contribution in [-0.4, -0.2) is 24.5 Å². The smallest absolute Gasteiger partial charge is 0.0187 e. The Labute approximate surface area is 96.6 Å². The molecule has 0 saturated carbocycles. The average Bonchev–Trinajstić information content (AvgIpc) is 2.15. The summed E-state index contributed by atoms with van der Waals surface area (Å²) in [6.45, 7) is 14.1. The zero-order valence-corrected chi connectivity index (χ0v) is 11.3. The van der Waals surface area contributed by atoms with Gasteiger partial charge in [-0.2, -0.15) is 0 Å². The van der Waals surface area contributed by atoms with Gasteiger partial charge >= 0.3 is 0 Å². The quantitative estimate of drug-likeness (QED) is 0.546. The van der Waals surface area contributed by atoms with Gasteiger partial charge in [0.2, 0.25) is 0 Å². The lowest BCUT2D eigenvalue weighted by Gasteiger charge is -2.30. The summed E-state index contributed by atoms with van der Waals surface area (Å²) in [4.78, 5) is 2.47. The molecular weight excluding hydrogens is 182 g/mol. The van der Waals surface area contributed by atoms with Gasteiger partial charge in [0.15, 0.2) is 0 Å². The van der Waals surface area contributed by atoms with E-state index in [0.29, 0.717) is 0 Å². The summed E-state index contributed by atoms with van der Waals surface area (Å²) in [6.07, 6.45) is 5.21. The molecule has 0 aromatic heterocycles. The predicted molar refractivity (Wildman–Crippen MR) is 70.2 cm³/mol. The number of likely N-dealkylation sites (N-methyl/N-ethyl adjacent to an activating group) is 1. The monoisotopic (exact) mass is 211 g/mol. The highest BCUT2D eigenvalue weighted by atomic mass is 15.1. The molecule has 0 aromatic rings. The molecule has 90 valence electrons. The standard InChI is InChI=1S/C14H29N/c1-7-9-14(10-13(5)8-2)15(6)11-12(3)4/h13-14H,3,7-11H2,1-2,4-6H3. The van der Waals surface area contributed by atoms with Crippen molar-refractivity contribution in [1.82, 2.24) is 4.90 Å². The van der Waals surface area contributed by atoms with E-state index < -0.39 is 0 Å². The number of hydrogen-bond acceptors (Lipinski definition) is 1. The average molecular weight is 211 g/mol. The summed E-state index contributed by atoms with van der Waals surface area (Å²) < 4.78 is 0. The molecule has 2 unspecified atom stereocenters. The molecule has 0 radical (unpaired) electrons. The first-order valence-electron chi connectivity index (χ1n) is 6.35. The lowest BCUT2D eigenvalue weighted by Crippen LogP contribution is -2.34. The van der Waals surface area contributed by atoms with E-state index in [-0.39, 0.29) is 0 Å². The zero-order chi connectivity index (χ0) is 11.8. The lowest BCUT2D eigenvalue weighted by molar-refractivity contribution is 0.209. The van der Waals surface area contributed by atoms with E-state index in [1.165, 1.54) is 31.3 Å². The van der Waals surface area contributed by atoms with Crippen molar-refractivity contribution >= 4 is 0 Å². The maximum absolute atomic E-state index is 4.00. The maximum atomic E-state index is 4.00. The fourth-order valence-electron chi connectivity index (χ4n) is 2.04. The normalized spacial score (nSPS) is 15.3. The number of hydrogen-bond donors (Lipinski definition) is 0. The molecule has 0 fully saturated rings.